The zero-order chi connectivity index (χ0) is 17.1. The number of benzene rings is 1. The van der Waals surface area contributed by atoms with E-state index in [-0.39, 0.29) is 18.3 Å². The van der Waals surface area contributed by atoms with Gasteiger partial charge in [-0.15, -0.1) is 0 Å². The van der Waals surface area contributed by atoms with Crippen LogP contribution in [-0.4, -0.2) is 38.8 Å². The summed E-state index contributed by atoms with van der Waals surface area (Å²) in [4.78, 5) is 12.9. The van der Waals surface area contributed by atoms with Crippen LogP contribution in [0.25, 0.3) is 0 Å². The van der Waals surface area contributed by atoms with E-state index in [0.29, 0.717) is 17.1 Å². The molecule has 128 valence electrons. The summed E-state index contributed by atoms with van der Waals surface area (Å²) in [6.07, 6.45) is 3.67. The standard InChI is InChI=1S/C17H19ClFN3O2/c18-14-4-1-5-15(19)13(14)10-21-7-2-3-12(9-21)16-6-8-22(20-16)11-17(23)24/h1,4-6,8,12H,2-3,7,9-11H2,(H,23,24)/t12-/m0/s1. The summed E-state index contributed by atoms with van der Waals surface area (Å²) in [6, 6.07) is 6.60. The average molecular weight is 352 g/mol. The third kappa shape index (κ3) is 3.94. The van der Waals surface area contributed by atoms with E-state index in [0.717, 1.165) is 31.6 Å². The number of halogens is 2. The van der Waals surface area contributed by atoms with Crippen molar-refractivity contribution in [2.45, 2.75) is 31.8 Å². The lowest BCUT2D eigenvalue weighted by molar-refractivity contribution is -0.137. The van der Waals surface area contributed by atoms with Crippen LogP contribution in [0, 0.1) is 5.82 Å². The van der Waals surface area contributed by atoms with Gasteiger partial charge in [-0.1, -0.05) is 17.7 Å². The molecule has 3 rings (SSSR count). The summed E-state index contributed by atoms with van der Waals surface area (Å²) < 4.78 is 15.4. The fourth-order valence-electron chi connectivity index (χ4n) is 3.17. The molecule has 5 nitrogen and oxygen atoms in total. The first-order valence-corrected chi connectivity index (χ1v) is 8.31. The van der Waals surface area contributed by atoms with Gasteiger partial charge in [-0.2, -0.15) is 5.10 Å². The normalized spacial score (nSPS) is 18.7. The summed E-state index contributed by atoms with van der Waals surface area (Å²) in [5.41, 5.74) is 1.41. The second kappa shape index (κ2) is 7.32. The Bertz CT molecular complexity index is 714. The Kier molecular flexibility index (Phi) is 5.16. The van der Waals surface area contributed by atoms with Crippen LogP contribution in [0.3, 0.4) is 0 Å². The van der Waals surface area contributed by atoms with Gasteiger partial charge >= 0.3 is 5.97 Å². The number of aromatic nitrogens is 2. The molecule has 0 saturated carbocycles. The highest BCUT2D eigenvalue weighted by Crippen LogP contribution is 2.28. The molecule has 24 heavy (non-hydrogen) atoms. The molecule has 1 fully saturated rings. The van der Waals surface area contributed by atoms with Crippen molar-refractivity contribution in [1.29, 1.82) is 0 Å². The van der Waals surface area contributed by atoms with Gasteiger partial charge in [0.05, 0.1) is 5.69 Å². The lowest BCUT2D eigenvalue weighted by Gasteiger charge is -2.32. The third-order valence-electron chi connectivity index (χ3n) is 4.33. The lowest BCUT2D eigenvalue weighted by atomic mass is 9.94. The predicted molar refractivity (Wildman–Crippen MR) is 88.5 cm³/mol. The minimum atomic E-state index is -0.913. The number of aliphatic carboxylic acids is 1. The molecule has 0 amide bonds. The maximum Gasteiger partial charge on any atom is 0.325 e. The van der Waals surface area contributed by atoms with Crippen molar-refractivity contribution >= 4 is 17.6 Å². The largest absolute Gasteiger partial charge is 0.480 e. The Morgan fingerprint density at radius 2 is 2.25 bits per heavy atom. The van der Waals surface area contributed by atoms with Crippen LogP contribution in [0.1, 0.15) is 30.0 Å². The predicted octanol–water partition coefficient (Wildman–Crippen LogP) is 3.14. The first-order valence-electron chi connectivity index (χ1n) is 7.93. The van der Waals surface area contributed by atoms with Gasteiger partial charge in [0.1, 0.15) is 12.4 Å². The summed E-state index contributed by atoms with van der Waals surface area (Å²) in [7, 11) is 0. The lowest BCUT2D eigenvalue weighted by Crippen LogP contribution is -2.34. The van der Waals surface area contributed by atoms with Crippen LogP contribution in [0.2, 0.25) is 5.02 Å². The molecule has 0 spiro atoms. The zero-order valence-corrected chi connectivity index (χ0v) is 13.9. The van der Waals surface area contributed by atoms with Gasteiger partial charge < -0.3 is 5.11 Å². The number of rotatable bonds is 5. The molecule has 0 bridgehead atoms. The Hall–Kier alpha value is -1.92. The molecule has 1 saturated heterocycles. The van der Waals surface area contributed by atoms with Gasteiger partial charge in [0.25, 0.3) is 0 Å². The van der Waals surface area contributed by atoms with Gasteiger partial charge in [0.2, 0.25) is 0 Å². The highest BCUT2D eigenvalue weighted by molar-refractivity contribution is 6.31. The third-order valence-corrected chi connectivity index (χ3v) is 4.68. The number of hydrogen-bond donors (Lipinski definition) is 1. The zero-order valence-electron chi connectivity index (χ0n) is 13.2. The second-order valence-electron chi connectivity index (χ2n) is 6.11. The second-order valence-corrected chi connectivity index (χ2v) is 6.51. The number of piperidine rings is 1. The van der Waals surface area contributed by atoms with Crippen molar-refractivity contribution in [3.05, 3.63) is 52.6 Å². The van der Waals surface area contributed by atoms with Crippen LogP contribution >= 0.6 is 11.6 Å². The maximum absolute atomic E-state index is 14.0. The quantitative estimate of drug-likeness (QED) is 0.899. The molecule has 2 heterocycles. The molecule has 0 radical (unpaired) electrons. The number of carbonyl (C=O) groups is 1. The van der Waals surface area contributed by atoms with E-state index in [1.165, 1.54) is 10.7 Å². The van der Waals surface area contributed by atoms with Crippen molar-refractivity contribution in [3.63, 3.8) is 0 Å². The maximum atomic E-state index is 14.0. The summed E-state index contributed by atoms with van der Waals surface area (Å²) >= 11 is 6.12. The SMILES string of the molecule is O=C(O)Cn1ccc([C@H]2CCCN(Cc3c(F)cccc3Cl)C2)n1. The van der Waals surface area contributed by atoms with Crippen molar-refractivity contribution in [2.75, 3.05) is 13.1 Å². The van der Waals surface area contributed by atoms with Crippen molar-refractivity contribution < 1.29 is 14.3 Å². The molecular weight excluding hydrogens is 333 g/mol. The van der Waals surface area contributed by atoms with E-state index < -0.39 is 5.97 Å². The van der Waals surface area contributed by atoms with E-state index in [1.54, 1.807) is 18.3 Å². The number of carboxylic acids is 1. The first kappa shape index (κ1) is 16.9. The minimum Gasteiger partial charge on any atom is -0.480 e. The molecule has 0 unspecified atom stereocenters. The number of nitrogens with zero attached hydrogens (tertiary/aromatic N) is 3. The molecule has 1 aliphatic rings. The summed E-state index contributed by atoms with van der Waals surface area (Å²) in [5, 5.41) is 13.6. The van der Waals surface area contributed by atoms with Crippen molar-refractivity contribution in [1.82, 2.24) is 14.7 Å². The Labute approximate surface area is 144 Å². The topological polar surface area (TPSA) is 58.4 Å². The van der Waals surface area contributed by atoms with Gasteiger partial charge in [0.15, 0.2) is 0 Å². The van der Waals surface area contributed by atoms with Gasteiger partial charge in [-0.25, -0.2) is 4.39 Å². The highest BCUT2D eigenvalue weighted by Gasteiger charge is 2.24. The van der Waals surface area contributed by atoms with Gasteiger partial charge in [0, 0.05) is 35.8 Å². The van der Waals surface area contributed by atoms with Crippen LogP contribution in [0.15, 0.2) is 30.5 Å². The molecular formula is C17H19ClFN3O2. The molecule has 1 aliphatic heterocycles. The van der Waals surface area contributed by atoms with E-state index in [2.05, 4.69) is 10.00 Å². The number of likely N-dealkylation sites (tertiary alicyclic amines) is 1. The molecule has 7 heteroatoms. The number of carboxylic acid groups (broad SMARTS) is 1. The fraction of sp³-hybridized carbons (Fsp3) is 0.412. The molecule has 2 aromatic rings. The van der Waals surface area contributed by atoms with Crippen LogP contribution in [0.4, 0.5) is 4.39 Å². The molecule has 1 atom stereocenters. The summed E-state index contributed by atoms with van der Waals surface area (Å²) in [6.45, 7) is 1.98. The molecule has 1 aromatic carbocycles. The Balaban J connectivity index is 1.68. The highest BCUT2D eigenvalue weighted by atomic mass is 35.5. The van der Waals surface area contributed by atoms with E-state index in [1.807, 2.05) is 6.07 Å². The van der Waals surface area contributed by atoms with E-state index in [9.17, 15) is 9.18 Å². The Morgan fingerprint density at radius 3 is 3.00 bits per heavy atom. The first-order chi connectivity index (χ1) is 11.5. The van der Waals surface area contributed by atoms with Crippen LogP contribution in [-0.2, 0) is 17.9 Å². The van der Waals surface area contributed by atoms with Crippen molar-refractivity contribution in [3.8, 4) is 0 Å². The van der Waals surface area contributed by atoms with Gasteiger partial charge in [-0.05, 0) is 37.6 Å². The Morgan fingerprint density at radius 1 is 1.42 bits per heavy atom. The van der Waals surface area contributed by atoms with E-state index >= 15 is 0 Å². The fourth-order valence-corrected chi connectivity index (χ4v) is 3.39. The molecule has 0 aliphatic carbocycles. The van der Waals surface area contributed by atoms with Crippen LogP contribution in [0.5, 0.6) is 0 Å². The van der Waals surface area contributed by atoms with E-state index in [4.69, 9.17) is 16.7 Å². The van der Waals surface area contributed by atoms with Gasteiger partial charge in [-0.3, -0.25) is 14.4 Å². The van der Waals surface area contributed by atoms with Crippen LogP contribution < -0.4 is 0 Å². The van der Waals surface area contributed by atoms with Crippen molar-refractivity contribution in [2.24, 2.45) is 0 Å². The smallest absolute Gasteiger partial charge is 0.325 e. The molecule has 1 N–H and O–H groups in total. The summed E-state index contributed by atoms with van der Waals surface area (Å²) in [5.74, 6) is -0.973. The number of hydrogen-bond acceptors (Lipinski definition) is 3. The monoisotopic (exact) mass is 351 g/mol. The molecule has 1 aromatic heterocycles. The average Bonchev–Trinajstić information content (AvgIpc) is 2.99. The minimum absolute atomic E-state index is 0.138.